The molecule has 2 fully saturated rings. The van der Waals surface area contributed by atoms with Crippen molar-refractivity contribution in [2.75, 3.05) is 26.3 Å². The number of rotatable bonds is 2. The number of nitrogens with zero attached hydrogens (tertiary/aromatic N) is 1. The molecular weight excluding hydrogens is 392 g/mol. The first-order chi connectivity index (χ1) is 14.1. The van der Waals surface area contributed by atoms with Gasteiger partial charge in [0.05, 0.1) is 10.8 Å². The van der Waals surface area contributed by atoms with E-state index in [9.17, 15) is 13.2 Å². The fourth-order valence-corrected chi connectivity index (χ4v) is 6.38. The second-order valence-electron chi connectivity index (χ2n) is 8.08. The molecular formula is C21H30N2O5S. The number of amides is 1. The van der Waals surface area contributed by atoms with Crippen LogP contribution in [0.2, 0.25) is 0 Å². The minimum absolute atomic E-state index is 0.000950. The summed E-state index contributed by atoms with van der Waals surface area (Å²) in [6, 6.07) is 4.53. The highest BCUT2D eigenvalue weighted by Crippen LogP contribution is 2.36. The SMILES string of the molecule is O=C1NCCCCCCN(S(=O)(=O)c2ccc3c(c2)OCCO3)C2CCCCC12. The van der Waals surface area contributed by atoms with Crippen molar-refractivity contribution in [1.82, 2.24) is 9.62 Å². The molecule has 4 rings (SSSR count). The Morgan fingerprint density at radius 2 is 1.69 bits per heavy atom. The topological polar surface area (TPSA) is 84.9 Å². The molecule has 3 aliphatic rings. The van der Waals surface area contributed by atoms with E-state index in [-0.39, 0.29) is 22.8 Å². The fraction of sp³-hybridized carbons (Fsp3) is 0.667. The van der Waals surface area contributed by atoms with Crippen molar-refractivity contribution in [1.29, 1.82) is 0 Å². The average molecular weight is 423 g/mol. The average Bonchev–Trinajstić information content (AvgIpc) is 2.78. The molecule has 2 aliphatic heterocycles. The number of hydrogen-bond donors (Lipinski definition) is 1. The number of fused-ring (bicyclic) bond motifs is 2. The minimum Gasteiger partial charge on any atom is -0.486 e. The predicted molar refractivity (Wildman–Crippen MR) is 109 cm³/mol. The summed E-state index contributed by atoms with van der Waals surface area (Å²) in [7, 11) is -3.75. The van der Waals surface area contributed by atoms with Crippen molar-refractivity contribution in [3.8, 4) is 11.5 Å². The van der Waals surface area contributed by atoms with E-state index in [4.69, 9.17) is 9.47 Å². The van der Waals surface area contributed by atoms with Crippen LogP contribution in [0.1, 0.15) is 51.4 Å². The highest BCUT2D eigenvalue weighted by atomic mass is 32.2. The van der Waals surface area contributed by atoms with Crippen molar-refractivity contribution in [3.63, 3.8) is 0 Å². The molecule has 2 atom stereocenters. The molecule has 0 spiro atoms. The van der Waals surface area contributed by atoms with Gasteiger partial charge in [-0.25, -0.2) is 8.42 Å². The van der Waals surface area contributed by atoms with Crippen LogP contribution < -0.4 is 14.8 Å². The number of carbonyl (C=O) groups is 1. The Bertz CT molecular complexity index is 841. The van der Waals surface area contributed by atoms with Gasteiger partial charge in [-0.15, -0.1) is 0 Å². The lowest BCUT2D eigenvalue weighted by Crippen LogP contribution is -2.51. The Hall–Kier alpha value is -1.80. The monoisotopic (exact) mass is 422 g/mol. The second kappa shape index (κ2) is 8.92. The standard InChI is InChI=1S/C21H30N2O5S/c24-21-17-7-3-4-8-18(17)23(12-6-2-1-5-11-22-21)29(25,26)16-9-10-19-20(15-16)28-14-13-27-19/h9-10,15,17-18H,1-8,11-14H2,(H,22,24). The Kier molecular flexibility index (Phi) is 6.29. The Morgan fingerprint density at radius 1 is 0.931 bits per heavy atom. The van der Waals surface area contributed by atoms with E-state index < -0.39 is 10.0 Å². The van der Waals surface area contributed by atoms with Crippen LogP contribution in [0.3, 0.4) is 0 Å². The summed E-state index contributed by atoms with van der Waals surface area (Å²) in [5.41, 5.74) is 0. The van der Waals surface area contributed by atoms with Gasteiger partial charge in [0.25, 0.3) is 0 Å². The van der Waals surface area contributed by atoms with Gasteiger partial charge >= 0.3 is 0 Å². The third-order valence-electron chi connectivity index (χ3n) is 6.16. The van der Waals surface area contributed by atoms with Crippen LogP contribution in [-0.4, -0.2) is 51.0 Å². The van der Waals surface area contributed by atoms with E-state index in [0.717, 1.165) is 51.4 Å². The maximum absolute atomic E-state index is 13.7. The van der Waals surface area contributed by atoms with Crippen molar-refractivity contribution >= 4 is 15.9 Å². The maximum atomic E-state index is 13.7. The van der Waals surface area contributed by atoms with Crippen LogP contribution in [0.5, 0.6) is 11.5 Å². The predicted octanol–water partition coefficient (Wildman–Crippen LogP) is 2.70. The lowest BCUT2D eigenvalue weighted by molar-refractivity contribution is -0.127. The third-order valence-corrected chi connectivity index (χ3v) is 8.08. The van der Waals surface area contributed by atoms with E-state index in [2.05, 4.69) is 5.32 Å². The van der Waals surface area contributed by atoms with Crippen molar-refractivity contribution in [2.45, 2.75) is 62.3 Å². The van der Waals surface area contributed by atoms with Gasteiger partial charge in [0.1, 0.15) is 13.2 Å². The molecule has 0 aromatic heterocycles. The zero-order chi connectivity index (χ0) is 20.3. The third kappa shape index (κ3) is 4.38. The van der Waals surface area contributed by atoms with Gasteiger partial charge in [-0.05, 0) is 37.8 Å². The van der Waals surface area contributed by atoms with E-state index in [1.165, 1.54) is 0 Å². The van der Waals surface area contributed by atoms with Gasteiger partial charge in [-0.2, -0.15) is 4.31 Å². The lowest BCUT2D eigenvalue weighted by Gasteiger charge is -2.38. The number of benzene rings is 1. The molecule has 1 aromatic carbocycles. The quantitative estimate of drug-likeness (QED) is 0.792. The van der Waals surface area contributed by atoms with E-state index in [1.54, 1.807) is 22.5 Å². The minimum atomic E-state index is -3.75. The van der Waals surface area contributed by atoms with Crippen LogP contribution in [0.15, 0.2) is 23.1 Å². The maximum Gasteiger partial charge on any atom is 0.243 e. The molecule has 1 saturated carbocycles. The van der Waals surface area contributed by atoms with Crippen LogP contribution >= 0.6 is 0 Å². The summed E-state index contributed by atoms with van der Waals surface area (Å²) in [6.45, 7) is 2.00. The first-order valence-electron chi connectivity index (χ1n) is 10.8. The molecule has 29 heavy (non-hydrogen) atoms. The van der Waals surface area contributed by atoms with Crippen molar-refractivity contribution < 1.29 is 22.7 Å². The molecule has 7 nitrogen and oxygen atoms in total. The molecule has 0 bridgehead atoms. The Balaban J connectivity index is 1.68. The fourth-order valence-electron chi connectivity index (χ4n) is 4.63. The summed E-state index contributed by atoms with van der Waals surface area (Å²) in [5.74, 6) is 0.753. The number of hydrogen-bond acceptors (Lipinski definition) is 5. The molecule has 0 radical (unpaired) electrons. The summed E-state index contributed by atoms with van der Waals surface area (Å²) in [6.07, 6.45) is 7.08. The molecule has 2 heterocycles. The first kappa shape index (κ1) is 20.5. The molecule has 1 amide bonds. The van der Waals surface area contributed by atoms with E-state index >= 15 is 0 Å². The van der Waals surface area contributed by atoms with Gasteiger partial charge in [-0.1, -0.05) is 25.7 Å². The summed E-state index contributed by atoms with van der Waals surface area (Å²) >= 11 is 0. The van der Waals surface area contributed by atoms with Crippen LogP contribution in [-0.2, 0) is 14.8 Å². The van der Waals surface area contributed by atoms with Crippen molar-refractivity contribution in [2.24, 2.45) is 5.92 Å². The van der Waals surface area contributed by atoms with Gasteiger partial charge in [0, 0.05) is 25.2 Å². The van der Waals surface area contributed by atoms with E-state index in [1.807, 2.05) is 0 Å². The molecule has 1 aliphatic carbocycles. The van der Waals surface area contributed by atoms with Gasteiger partial charge in [-0.3, -0.25) is 4.79 Å². The highest BCUT2D eigenvalue weighted by Gasteiger charge is 2.40. The first-order valence-corrected chi connectivity index (χ1v) is 12.2. The molecule has 1 N–H and O–H groups in total. The smallest absolute Gasteiger partial charge is 0.243 e. The molecule has 1 saturated heterocycles. The lowest BCUT2D eigenvalue weighted by atomic mass is 9.83. The zero-order valence-corrected chi connectivity index (χ0v) is 17.6. The second-order valence-corrected chi connectivity index (χ2v) is 9.98. The number of carbonyl (C=O) groups excluding carboxylic acids is 1. The molecule has 1 aromatic rings. The van der Waals surface area contributed by atoms with Crippen LogP contribution in [0.25, 0.3) is 0 Å². The molecule has 2 unspecified atom stereocenters. The summed E-state index contributed by atoms with van der Waals surface area (Å²) in [5, 5.41) is 3.04. The number of ether oxygens (including phenoxy) is 2. The molecule has 160 valence electrons. The van der Waals surface area contributed by atoms with Crippen LogP contribution in [0, 0.1) is 5.92 Å². The van der Waals surface area contributed by atoms with E-state index in [0.29, 0.717) is 37.8 Å². The van der Waals surface area contributed by atoms with Gasteiger partial charge < -0.3 is 14.8 Å². The molecule has 8 heteroatoms. The largest absolute Gasteiger partial charge is 0.486 e. The van der Waals surface area contributed by atoms with Gasteiger partial charge in [0.15, 0.2) is 11.5 Å². The number of sulfonamides is 1. The summed E-state index contributed by atoms with van der Waals surface area (Å²) in [4.78, 5) is 13.0. The zero-order valence-electron chi connectivity index (χ0n) is 16.8. The Labute approximate surface area is 172 Å². The summed E-state index contributed by atoms with van der Waals surface area (Å²) < 4.78 is 40.1. The highest BCUT2D eigenvalue weighted by molar-refractivity contribution is 7.89. The number of nitrogens with one attached hydrogen (secondary N) is 1. The Morgan fingerprint density at radius 3 is 2.55 bits per heavy atom. The van der Waals surface area contributed by atoms with Crippen molar-refractivity contribution in [3.05, 3.63) is 18.2 Å². The van der Waals surface area contributed by atoms with Crippen LogP contribution in [0.4, 0.5) is 0 Å². The van der Waals surface area contributed by atoms with Gasteiger partial charge in [0.2, 0.25) is 15.9 Å². The normalized spacial score (nSPS) is 26.7.